The van der Waals surface area contributed by atoms with Crippen LogP contribution < -0.4 is 0 Å². The first-order chi connectivity index (χ1) is 37.2. The van der Waals surface area contributed by atoms with E-state index in [9.17, 15) is 11.8 Å². The molecule has 0 atom stereocenters. The Kier molecular flexibility index (Phi) is 9.05. The molecule has 346 valence electrons. The van der Waals surface area contributed by atoms with Crippen molar-refractivity contribution in [2.45, 2.75) is 0 Å². The summed E-state index contributed by atoms with van der Waals surface area (Å²) in [5, 5.41) is 23.8. The number of aromatic nitrogens is 2. The van der Waals surface area contributed by atoms with E-state index >= 15 is 0 Å². The molecule has 0 aliphatic heterocycles. The molecule has 5 heterocycles. The molecule has 0 radical (unpaired) electrons. The maximum atomic E-state index is 12.3. The molecule has 7 heteroatoms. The first-order valence-corrected chi connectivity index (χ1v) is 27.4. The summed E-state index contributed by atoms with van der Waals surface area (Å²) in [6, 6.07) is 80.7. The van der Waals surface area contributed by atoms with Gasteiger partial charge in [-0.15, -0.1) is 34.0 Å². The Labute approximate surface area is 441 Å². The minimum absolute atomic E-state index is 0.424. The fourth-order valence-electron chi connectivity index (χ4n) is 12.3. The number of thiophene rings is 3. The summed E-state index contributed by atoms with van der Waals surface area (Å²) < 4.78 is 11.9. The second-order valence-electron chi connectivity index (χ2n) is 19.2. The first-order valence-electron chi connectivity index (χ1n) is 24.9. The number of fused-ring (bicyclic) bond motifs is 18. The molecule has 75 heavy (non-hydrogen) atoms. The summed E-state index contributed by atoms with van der Waals surface area (Å²) >= 11 is 5.41. The standard InChI is InChI=1S/C68H36N4S3/c1-70-60-57(40-21-7-3-8-22-40)52(38-69)61(71-53-29-15-11-28-49(53)59-50(39-19-5-2-6-20-39)37-51-44-27-14-18-32-56(44)75-68(51)65(59)71)58(41-23-9-4-10-24-41)64(60)72-62-45(33-35-47-42-25-12-16-30-54(42)73-66(47)62)46-34-36-48-43-26-13-17-31-55(43)74-67(48)63(46)72/h2-37H. The summed E-state index contributed by atoms with van der Waals surface area (Å²) in [4.78, 5) is 4.71. The van der Waals surface area contributed by atoms with Crippen LogP contribution in [0.3, 0.4) is 0 Å². The number of nitriles is 1. The van der Waals surface area contributed by atoms with Gasteiger partial charge in [-0.2, -0.15) is 5.26 Å². The Morgan fingerprint density at radius 2 is 0.827 bits per heavy atom. The third-order valence-corrected chi connectivity index (χ3v) is 18.9. The third-order valence-electron chi connectivity index (χ3n) is 15.4. The van der Waals surface area contributed by atoms with Gasteiger partial charge >= 0.3 is 0 Å². The fourth-order valence-corrected chi connectivity index (χ4v) is 16.0. The maximum Gasteiger partial charge on any atom is 0.220 e. The van der Waals surface area contributed by atoms with E-state index in [0.717, 1.165) is 102 Å². The molecule has 0 fully saturated rings. The van der Waals surface area contributed by atoms with Gasteiger partial charge in [0.25, 0.3) is 0 Å². The molecule has 0 saturated carbocycles. The summed E-state index contributed by atoms with van der Waals surface area (Å²) in [6.45, 7) is 9.63. The summed E-state index contributed by atoms with van der Waals surface area (Å²) in [5.74, 6) is 0. The zero-order valence-corrected chi connectivity index (χ0v) is 42.2. The first kappa shape index (κ1) is 42.2. The van der Waals surface area contributed by atoms with Crippen molar-refractivity contribution in [1.82, 2.24) is 9.13 Å². The number of hydrogen-bond acceptors (Lipinski definition) is 4. The van der Waals surface area contributed by atoms with E-state index in [1.54, 1.807) is 34.0 Å². The molecule has 0 saturated heterocycles. The molecule has 0 bridgehead atoms. The number of para-hydroxylation sites is 1. The molecule has 16 rings (SSSR count). The second-order valence-corrected chi connectivity index (χ2v) is 22.3. The maximum absolute atomic E-state index is 12.3. The van der Waals surface area contributed by atoms with Crippen molar-refractivity contribution in [3.63, 3.8) is 0 Å². The van der Waals surface area contributed by atoms with Crippen LogP contribution in [-0.2, 0) is 0 Å². The predicted octanol–water partition coefficient (Wildman–Crippen LogP) is 20.4. The van der Waals surface area contributed by atoms with Crippen molar-refractivity contribution in [2.75, 3.05) is 0 Å². The lowest BCUT2D eigenvalue weighted by molar-refractivity contribution is 1.14. The highest BCUT2D eigenvalue weighted by Crippen LogP contribution is 2.56. The van der Waals surface area contributed by atoms with Gasteiger partial charge in [0.1, 0.15) is 6.07 Å². The van der Waals surface area contributed by atoms with Gasteiger partial charge in [0.2, 0.25) is 5.69 Å². The molecular formula is C68H36N4S3. The highest BCUT2D eigenvalue weighted by Gasteiger charge is 2.34. The molecular weight excluding hydrogens is 969 g/mol. The van der Waals surface area contributed by atoms with Gasteiger partial charge in [-0.05, 0) is 52.6 Å². The summed E-state index contributed by atoms with van der Waals surface area (Å²) in [7, 11) is 0. The van der Waals surface area contributed by atoms with Gasteiger partial charge in [-0.25, -0.2) is 4.85 Å². The van der Waals surface area contributed by atoms with E-state index in [-0.39, 0.29) is 0 Å². The van der Waals surface area contributed by atoms with Crippen LogP contribution >= 0.6 is 34.0 Å². The van der Waals surface area contributed by atoms with Crippen molar-refractivity contribution in [3.8, 4) is 50.8 Å². The number of nitrogens with zero attached hydrogens (tertiary/aromatic N) is 4. The molecule has 16 aromatic rings. The Balaban J connectivity index is 1.22. The van der Waals surface area contributed by atoms with Crippen molar-refractivity contribution >= 4 is 144 Å². The molecule has 0 aliphatic rings. The van der Waals surface area contributed by atoms with Crippen molar-refractivity contribution in [1.29, 1.82) is 5.26 Å². The van der Waals surface area contributed by atoms with Gasteiger partial charge in [-0.3, -0.25) is 0 Å². The number of rotatable bonds is 5. The SMILES string of the molecule is [C-]#[N+]c1c(-c2ccccc2)c(C#N)c(-n2c3ccccc3c3c(-c4ccccc4)cc4c5ccccc5sc4c32)c(-c2ccccc2)c1-n1c2c(ccc3c4ccccc4sc32)c2ccc3c4ccccc4sc3c21. The van der Waals surface area contributed by atoms with Crippen molar-refractivity contribution in [2.24, 2.45) is 0 Å². The van der Waals surface area contributed by atoms with E-state index < -0.39 is 0 Å². The highest BCUT2D eigenvalue weighted by molar-refractivity contribution is 7.27. The molecule has 4 nitrogen and oxygen atoms in total. The lowest BCUT2D eigenvalue weighted by Crippen LogP contribution is -2.09. The number of hydrogen-bond donors (Lipinski definition) is 0. The normalized spacial score (nSPS) is 12.0. The lowest BCUT2D eigenvalue weighted by atomic mass is 9.88. The minimum atomic E-state index is 0.424. The summed E-state index contributed by atoms with van der Waals surface area (Å²) in [5.41, 5.74) is 11.8. The Morgan fingerprint density at radius 1 is 0.387 bits per heavy atom. The zero-order chi connectivity index (χ0) is 49.5. The van der Waals surface area contributed by atoms with Crippen LogP contribution in [0.2, 0.25) is 0 Å². The van der Waals surface area contributed by atoms with Gasteiger partial charge in [0, 0.05) is 79.1 Å². The largest absolute Gasteiger partial charge is 0.316 e. The average molecular weight is 1010 g/mol. The van der Waals surface area contributed by atoms with Gasteiger partial charge in [0.05, 0.1) is 59.7 Å². The Bertz CT molecular complexity index is 5070. The Morgan fingerprint density at radius 3 is 1.36 bits per heavy atom. The van der Waals surface area contributed by atoms with Gasteiger partial charge in [-0.1, -0.05) is 188 Å². The molecule has 11 aromatic carbocycles. The van der Waals surface area contributed by atoms with Crippen LogP contribution in [0, 0.1) is 17.9 Å². The molecule has 0 N–H and O–H groups in total. The monoisotopic (exact) mass is 1000 g/mol. The van der Waals surface area contributed by atoms with E-state index in [1.807, 2.05) is 18.2 Å². The minimum Gasteiger partial charge on any atom is -0.316 e. The topological polar surface area (TPSA) is 38.0 Å². The van der Waals surface area contributed by atoms with Crippen LogP contribution in [0.5, 0.6) is 0 Å². The number of benzene rings is 11. The lowest BCUT2D eigenvalue weighted by Gasteiger charge is -2.26. The van der Waals surface area contributed by atoms with Crippen LogP contribution in [0.15, 0.2) is 218 Å². The van der Waals surface area contributed by atoms with E-state index in [4.69, 9.17) is 4.85 Å². The average Bonchev–Trinajstić information content (AvgIpc) is 4.41. The van der Waals surface area contributed by atoms with Gasteiger partial charge in [0.15, 0.2) is 0 Å². The van der Waals surface area contributed by atoms with Crippen molar-refractivity contribution in [3.05, 3.63) is 235 Å². The molecule has 0 amide bonds. The van der Waals surface area contributed by atoms with E-state index in [0.29, 0.717) is 16.8 Å². The molecule has 0 spiro atoms. The molecule has 0 unspecified atom stereocenters. The summed E-state index contributed by atoms with van der Waals surface area (Å²) in [6.07, 6.45) is 0. The second kappa shape index (κ2) is 16.1. The third kappa shape index (κ3) is 5.83. The van der Waals surface area contributed by atoms with Crippen LogP contribution in [0.4, 0.5) is 5.69 Å². The van der Waals surface area contributed by atoms with E-state index in [1.165, 1.54) is 41.0 Å². The van der Waals surface area contributed by atoms with Crippen molar-refractivity contribution < 1.29 is 0 Å². The Hall–Kier alpha value is -9.34. The highest BCUT2D eigenvalue weighted by atomic mass is 32.1. The molecule has 5 aromatic heterocycles. The van der Waals surface area contributed by atoms with Crippen LogP contribution in [-0.4, -0.2) is 9.13 Å². The zero-order valence-electron chi connectivity index (χ0n) is 39.8. The van der Waals surface area contributed by atoms with Crippen LogP contribution in [0.1, 0.15) is 5.56 Å². The van der Waals surface area contributed by atoms with E-state index in [2.05, 4.69) is 215 Å². The smallest absolute Gasteiger partial charge is 0.220 e. The quantitative estimate of drug-likeness (QED) is 0.158. The predicted molar refractivity (Wildman–Crippen MR) is 321 cm³/mol. The van der Waals surface area contributed by atoms with Crippen LogP contribution in [0.25, 0.3) is 154 Å². The molecule has 0 aliphatic carbocycles. The fraction of sp³-hybridized carbons (Fsp3) is 0. The van der Waals surface area contributed by atoms with Gasteiger partial charge < -0.3 is 9.13 Å².